The Morgan fingerprint density at radius 1 is 1.04 bits per heavy atom. The number of isocyanates is 1. The van der Waals surface area contributed by atoms with Crippen LogP contribution < -0.4 is 10.6 Å². The van der Waals surface area contributed by atoms with Gasteiger partial charge in [0.2, 0.25) is 6.08 Å². The summed E-state index contributed by atoms with van der Waals surface area (Å²) >= 11 is 0. The fourth-order valence-electron chi connectivity index (χ4n) is 2.25. The molecule has 0 fully saturated rings. The van der Waals surface area contributed by atoms with Gasteiger partial charge in [-0.3, -0.25) is 0 Å². The van der Waals surface area contributed by atoms with Crippen LogP contribution in [0.25, 0.3) is 0 Å². The average molecular weight is 382 g/mol. The Morgan fingerprint density at radius 3 is 2.30 bits per heavy atom. The Balaban J connectivity index is 4.19. The molecule has 0 spiro atoms. The number of hydrogen-bond acceptors (Lipinski definition) is 8. The number of nitrogens with one attached hydrogen (secondary N) is 2. The molecule has 0 aromatic rings. The predicted molar refractivity (Wildman–Crippen MR) is 94.2 cm³/mol. The normalized spacial score (nSPS) is 11.9. The lowest BCUT2D eigenvalue weighted by molar-refractivity contribution is -0.143. The number of aliphatic imine (C=N–C) groups is 1. The van der Waals surface area contributed by atoms with Gasteiger partial charge in [0.15, 0.2) is 6.04 Å². The van der Waals surface area contributed by atoms with Crippen LogP contribution in [0.1, 0.15) is 44.9 Å². The van der Waals surface area contributed by atoms with Gasteiger partial charge in [-0.25, -0.2) is 19.2 Å². The van der Waals surface area contributed by atoms with Crippen molar-refractivity contribution in [1.29, 1.82) is 5.26 Å². The van der Waals surface area contributed by atoms with Crippen LogP contribution in [0.2, 0.25) is 0 Å². The minimum Gasteiger partial charge on any atom is -0.467 e. The van der Waals surface area contributed by atoms with Crippen molar-refractivity contribution in [2.75, 3.05) is 20.8 Å². The Kier molecular flexibility index (Phi) is 13.7. The van der Waals surface area contributed by atoms with E-state index in [1.807, 2.05) is 6.07 Å². The lowest BCUT2D eigenvalue weighted by atomic mass is 10.1. The molecule has 2 N–H and O–H groups in total. The second-order valence-corrected chi connectivity index (χ2v) is 5.64. The van der Waals surface area contributed by atoms with E-state index in [9.17, 15) is 19.2 Å². The van der Waals surface area contributed by atoms with Crippen molar-refractivity contribution in [2.45, 2.75) is 57.0 Å². The molecule has 0 aliphatic rings. The molecule has 10 nitrogen and oxygen atoms in total. The van der Waals surface area contributed by atoms with Crippen LogP contribution in [0, 0.1) is 11.3 Å². The third-order valence-corrected chi connectivity index (χ3v) is 3.69. The number of amides is 2. The average Bonchev–Trinajstić information content (AvgIpc) is 2.67. The molecule has 10 heteroatoms. The summed E-state index contributed by atoms with van der Waals surface area (Å²) in [6.45, 7) is 0.312. The molecule has 0 saturated carbocycles. The van der Waals surface area contributed by atoms with Gasteiger partial charge < -0.3 is 20.1 Å². The van der Waals surface area contributed by atoms with Crippen molar-refractivity contribution in [3.8, 4) is 6.07 Å². The van der Waals surface area contributed by atoms with Crippen LogP contribution >= 0.6 is 0 Å². The zero-order chi connectivity index (χ0) is 20.5. The zero-order valence-electron chi connectivity index (χ0n) is 15.7. The van der Waals surface area contributed by atoms with Crippen LogP contribution in [-0.4, -0.2) is 56.9 Å². The highest BCUT2D eigenvalue weighted by Crippen LogP contribution is 2.07. The summed E-state index contributed by atoms with van der Waals surface area (Å²) in [6.07, 6.45) is 4.73. The van der Waals surface area contributed by atoms with Gasteiger partial charge in [-0.2, -0.15) is 10.3 Å². The van der Waals surface area contributed by atoms with Gasteiger partial charge in [0.1, 0.15) is 6.04 Å². The number of ether oxygens (including phenoxy) is 2. The highest BCUT2D eigenvalue weighted by Gasteiger charge is 2.21. The van der Waals surface area contributed by atoms with Gasteiger partial charge in [-0.05, 0) is 38.5 Å². The highest BCUT2D eigenvalue weighted by molar-refractivity contribution is 5.83. The first-order chi connectivity index (χ1) is 13.0. The van der Waals surface area contributed by atoms with Gasteiger partial charge in [-0.15, -0.1) is 0 Å². The van der Waals surface area contributed by atoms with Crippen molar-refractivity contribution >= 4 is 24.0 Å². The topological polar surface area (TPSA) is 147 Å². The number of esters is 2. The molecule has 2 unspecified atom stereocenters. The molecule has 0 radical (unpaired) electrons. The number of rotatable bonds is 13. The van der Waals surface area contributed by atoms with Gasteiger partial charge in [0.05, 0.1) is 20.3 Å². The van der Waals surface area contributed by atoms with Crippen LogP contribution in [-0.2, 0) is 23.9 Å². The third-order valence-electron chi connectivity index (χ3n) is 3.69. The van der Waals surface area contributed by atoms with E-state index in [-0.39, 0.29) is 0 Å². The predicted octanol–water partition coefficient (Wildman–Crippen LogP) is 0.959. The van der Waals surface area contributed by atoms with Gasteiger partial charge in [-0.1, -0.05) is 0 Å². The molecule has 27 heavy (non-hydrogen) atoms. The first kappa shape index (κ1) is 24.1. The van der Waals surface area contributed by atoms with Crippen molar-refractivity contribution in [1.82, 2.24) is 10.6 Å². The summed E-state index contributed by atoms with van der Waals surface area (Å²) in [4.78, 5) is 48.6. The van der Waals surface area contributed by atoms with E-state index in [4.69, 9.17) is 5.26 Å². The lowest BCUT2D eigenvalue weighted by Gasteiger charge is -2.16. The molecule has 0 saturated heterocycles. The van der Waals surface area contributed by atoms with Crippen LogP contribution in [0.5, 0.6) is 0 Å². The smallest absolute Gasteiger partial charge is 0.331 e. The monoisotopic (exact) mass is 382 g/mol. The molecule has 0 bridgehead atoms. The molecule has 0 aliphatic carbocycles. The van der Waals surface area contributed by atoms with E-state index in [1.54, 1.807) is 0 Å². The van der Waals surface area contributed by atoms with E-state index in [0.717, 1.165) is 0 Å². The maximum absolute atomic E-state index is 11.9. The maximum atomic E-state index is 11.9. The van der Waals surface area contributed by atoms with E-state index >= 15 is 0 Å². The molecule has 0 rings (SSSR count). The Morgan fingerprint density at radius 2 is 1.70 bits per heavy atom. The zero-order valence-corrected chi connectivity index (χ0v) is 15.7. The van der Waals surface area contributed by atoms with Crippen molar-refractivity contribution in [3.63, 3.8) is 0 Å². The summed E-state index contributed by atoms with van der Waals surface area (Å²) in [5.41, 5.74) is 0. The van der Waals surface area contributed by atoms with Crippen LogP contribution in [0.4, 0.5) is 4.79 Å². The molecular formula is C17H26N4O6. The third kappa shape index (κ3) is 11.3. The Labute approximate surface area is 158 Å². The summed E-state index contributed by atoms with van der Waals surface area (Å²) in [5.74, 6) is -1.16. The second-order valence-electron chi connectivity index (χ2n) is 5.64. The highest BCUT2D eigenvalue weighted by atomic mass is 16.5. The number of nitriles is 1. The number of carbonyl (C=O) groups excluding carboxylic acids is 4. The molecule has 2 atom stereocenters. The SMILES string of the molecule is COC(=O)C(CCCCNC(=O)NC(CCCCC#N)C(=O)OC)N=C=O. The maximum Gasteiger partial charge on any atom is 0.331 e. The van der Waals surface area contributed by atoms with E-state index < -0.39 is 30.1 Å². The van der Waals surface area contributed by atoms with Gasteiger partial charge in [0, 0.05) is 13.0 Å². The largest absolute Gasteiger partial charge is 0.467 e. The van der Waals surface area contributed by atoms with Crippen molar-refractivity contribution in [3.05, 3.63) is 0 Å². The van der Waals surface area contributed by atoms with E-state index in [0.29, 0.717) is 51.5 Å². The number of carbonyl (C=O) groups is 3. The number of nitrogens with zero attached hydrogens (tertiary/aromatic N) is 2. The molecule has 0 heterocycles. The van der Waals surface area contributed by atoms with Crippen molar-refractivity contribution in [2.24, 2.45) is 4.99 Å². The minimum absolute atomic E-state index is 0.300. The fourth-order valence-corrected chi connectivity index (χ4v) is 2.25. The molecule has 0 aromatic carbocycles. The van der Waals surface area contributed by atoms with E-state index in [2.05, 4.69) is 25.1 Å². The summed E-state index contributed by atoms with van der Waals surface area (Å²) in [7, 11) is 2.45. The standard InChI is InChI=1S/C17H26N4O6/c1-26-15(23)13(20-12-22)8-5-7-11-19-17(25)21-14(16(24)27-2)9-4-3-6-10-18/h13-14H,3-9,11H2,1-2H3,(H2,19,21,25). The van der Waals surface area contributed by atoms with E-state index in [1.165, 1.54) is 20.3 Å². The number of unbranched alkanes of at least 4 members (excludes halogenated alkanes) is 3. The van der Waals surface area contributed by atoms with Crippen LogP contribution in [0.3, 0.4) is 0 Å². The minimum atomic E-state index is -0.890. The molecule has 2 amide bonds. The number of methoxy groups -OCH3 is 2. The quantitative estimate of drug-likeness (QED) is 0.209. The molecular weight excluding hydrogens is 356 g/mol. The molecule has 0 aromatic heterocycles. The lowest BCUT2D eigenvalue weighted by Crippen LogP contribution is -2.46. The number of urea groups is 1. The molecule has 0 aliphatic heterocycles. The van der Waals surface area contributed by atoms with Gasteiger partial charge in [0.25, 0.3) is 0 Å². The Bertz CT molecular complexity index is 568. The summed E-state index contributed by atoms with van der Waals surface area (Å²) < 4.78 is 9.20. The fraction of sp³-hybridized carbons (Fsp3) is 0.706. The first-order valence-corrected chi connectivity index (χ1v) is 8.64. The number of hydrogen-bond donors (Lipinski definition) is 2. The molecule has 150 valence electrons. The summed E-state index contributed by atoms with van der Waals surface area (Å²) in [6, 6.07) is -0.163. The summed E-state index contributed by atoms with van der Waals surface area (Å²) in [5, 5.41) is 13.7. The van der Waals surface area contributed by atoms with Gasteiger partial charge >= 0.3 is 18.0 Å². The Hall–Kier alpha value is -2.92. The van der Waals surface area contributed by atoms with Crippen LogP contribution in [0.15, 0.2) is 4.99 Å². The van der Waals surface area contributed by atoms with Crippen molar-refractivity contribution < 1.29 is 28.7 Å². The first-order valence-electron chi connectivity index (χ1n) is 8.64. The second kappa shape index (κ2) is 15.3.